The smallest absolute Gasteiger partial charge is 0.416 e. The van der Waals surface area contributed by atoms with Gasteiger partial charge in [0.1, 0.15) is 13.2 Å². The lowest BCUT2D eigenvalue weighted by molar-refractivity contribution is -0.137. The first-order chi connectivity index (χ1) is 13.2. The number of nitrogens with one attached hydrogen (secondary N) is 2. The molecule has 0 unspecified atom stereocenters. The third-order valence-electron chi connectivity index (χ3n) is 3.69. The fraction of sp³-hybridized carbons (Fsp3) is 0.263. The topological polar surface area (TPSA) is 70.7 Å². The molecule has 2 N–H and O–H groups in total. The molecule has 0 saturated carbocycles. The number of benzene rings is 2. The van der Waals surface area contributed by atoms with Gasteiger partial charge < -0.3 is 20.3 Å². The lowest BCUT2D eigenvalue weighted by Gasteiger charge is -2.20. The second-order valence-electron chi connectivity index (χ2n) is 6.09. The van der Waals surface area contributed by atoms with Crippen LogP contribution in [0.2, 0.25) is 0 Å². The Labute approximate surface area is 160 Å². The van der Waals surface area contributed by atoms with Gasteiger partial charge in [0.2, 0.25) is 5.91 Å². The summed E-state index contributed by atoms with van der Waals surface area (Å²) in [5.41, 5.74) is 0.280. The maximum atomic E-state index is 12.9. The average Bonchev–Trinajstić information content (AvgIpc) is 2.64. The molecular formula is C19H20F3N3O3. The molecule has 9 heteroatoms. The van der Waals surface area contributed by atoms with Crippen molar-refractivity contribution in [2.75, 3.05) is 30.9 Å². The Hall–Kier alpha value is -3.23. The molecule has 6 nitrogen and oxygen atoms in total. The highest BCUT2D eigenvalue weighted by Crippen LogP contribution is 2.34. The number of nitrogens with zero attached hydrogens (tertiary/aromatic N) is 1. The summed E-state index contributed by atoms with van der Waals surface area (Å²) in [6.45, 7) is -0.413. The van der Waals surface area contributed by atoms with Gasteiger partial charge in [-0.15, -0.1) is 0 Å². The number of alkyl carbamates (subject to hydrolysis) is 1. The minimum Gasteiger partial charge on any atom is -0.445 e. The van der Waals surface area contributed by atoms with Gasteiger partial charge in [0.25, 0.3) is 0 Å². The van der Waals surface area contributed by atoms with Crippen LogP contribution in [0.25, 0.3) is 0 Å². The molecule has 2 aromatic carbocycles. The van der Waals surface area contributed by atoms with E-state index in [0.717, 1.165) is 17.7 Å². The summed E-state index contributed by atoms with van der Waals surface area (Å²) in [4.78, 5) is 25.3. The van der Waals surface area contributed by atoms with E-state index in [1.807, 2.05) is 6.07 Å². The molecule has 150 valence electrons. The van der Waals surface area contributed by atoms with Crippen LogP contribution in [0.5, 0.6) is 0 Å². The largest absolute Gasteiger partial charge is 0.445 e. The van der Waals surface area contributed by atoms with Gasteiger partial charge in [0.15, 0.2) is 0 Å². The first kappa shape index (κ1) is 21.1. The first-order valence-electron chi connectivity index (χ1n) is 8.30. The van der Waals surface area contributed by atoms with Crippen molar-refractivity contribution in [2.24, 2.45) is 0 Å². The molecule has 0 heterocycles. The Bertz CT molecular complexity index is 824. The highest BCUT2D eigenvalue weighted by Gasteiger charge is 2.31. The second-order valence-corrected chi connectivity index (χ2v) is 6.09. The van der Waals surface area contributed by atoms with Crippen molar-refractivity contribution in [3.63, 3.8) is 0 Å². The van der Waals surface area contributed by atoms with Gasteiger partial charge in [-0.25, -0.2) is 4.79 Å². The molecule has 0 radical (unpaired) electrons. The third kappa shape index (κ3) is 6.19. The van der Waals surface area contributed by atoms with Crippen LogP contribution in [0, 0.1) is 0 Å². The van der Waals surface area contributed by atoms with Gasteiger partial charge in [-0.1, -0.05) is 30.3 Å². The van der Waals surface area contributed by atoms with Gasteiger partial charge in [-0.05, 0) is 23.8 Å². The van der Waals surface area contributed by atoms with Crippen LogP contribution in [0.1, 0.15) is 11.1 Å². The Morgan fingerprint density at radius 3 is 2.36 bits per heavy atom. The standard InChI is InChI=1S/C19H20F3N3O3/c1-25(2)16-9-8-14(19(20,21)22)10-15(16)24-17(26)11-23-18(27)28-12-13-6-4-3-5-7-13/h3-10H,11-12H2,1-2H3,(H,23,27)(H,24,26). The van der Waals surface area contributed by atoms with Gasteiger partial charge in [-0.3, -0.25) is 4.79 Å². The number of ether oxygens (including phenoxy) is 1. The third-order valence-corrected chi connectivity index (χ3v) is 3.69. The predicted octanol–water partition coefficient (Wildman–Crippen LogP) is 3.64. The molecule has 2 aromatic rings. The fourth-order valence-corrected chi connectivity index (χ4v) is 2.32. The quantitative estimate of drug-likeness (QED) is 0.784. The normalized spacial score (nSPS) is 10.9. The maximum Gasteiger partial charge on any atom is 0.416 e. The van der Waals surface area contributed by atoms with Crippen LogP contribution in [0.3, 0.4) is 0 Å². The van der Waals surface area contributed by atoms with Crippen molar-refractivity contribution < 1.29 is 27.5 Å². The summed E-state index contributed by atoms with van der Waals surface area (Å²) in [7, 11) is 3.27. The molecular weight excluding hydrogens is 375 g/mol. The minimum absolute atomic E-state index is 0.00993. The Kier molecular flexibility index (Phi) is 6.86. The van der Waals surface area contributed by atoms with E-state index in [-0.39, 0.29) is 12.3 Å². The molecule has 0 aromatic heterocycles. The van der Waals surface area contributed by atoms with Crippen molar-refractivity contribution in [3.05, 3.63) is 59.7 Å². The Balaban J connectivity index is 1.93. The number of rotatable bonds is 6. The van der Waals surface area contributed by atoms with Crippen LogP contribution in [0.4, 0.5) is 29.3 Å². The maximum absolute atomic E-state index is 12.9. The van der Waals surface area contributed by atoms with Gasteiger partial charge in [0, 0.05) is 14.1 Å². The number of hydrogen-bond donors (Lipinski definition) is 2. The van der Waals surface area contributed by atoms with E-state index in [9.17, 15) is 22.8 Å². The fourth-order valence-electron chi connectivity index (χ4n) is 2.32. The van der Waals surface area contributed by atoms with E-state index in [0.29, 0.717) is 5.69 Å². The summed E-state index contributed by atoms with van der Waals surface area (Å²) >= 11 is 0. The van der Waals surface area contributed by atoms with E-state index < -0.39 is 30.3 Å². The lowest BCUT2D eigenvalue weighted by atomic mass is 10.1. The first-order valence-corrected chi connectivity index (χ1v) is 8.30. The van der Waals surface area contributed by atoms with Crippen LogP contribution in [-0.4, -0.2) is 32.6 Å². The van der Waals surface area contributed by atoms with E-state index in [4.69, 9.17) is 4.74 Å². The van der Waals surface area contributed by atoms with Crippen molar-refractivity contribution in [3.8, 4) is 0 Å². The number of hydrogen-bond acceptors (Lipinski definition) is 4. The summed E-state index contributed by atoms with van der Waals surface area (Å²) in [5.74, 6) is -0.681. The molecule has 0 aliphatic heterocycles. The van der Waals surface area contributed by atoms with Crippen molar-refractivity contribution in [1.29, 1.82) is 0 Å². The molecule has 0 bridgehead atoms. The van der Waals surface area contributed by atoms with Crippen LogP contribution in [-0.2, 0) is 22.3 Å². The minimum atomic E-state index is -4.54. The van der Waals surface area contributed by atoms with Crippen LogP contribution in [0.15, 0.2) is 48.5 Å². The van der Waals surface area contributed by atoms with Crippen molar-refractivity contribution >= 4 is 23.4 Å². The van der Waals surface area contributed by atoms with Crippen LogP contribution < -0.4 is 15.5 Å². The molecule has 0 atom stereocenters. The number of anilines is 2. The van der Waals surface area contributed by atoms with E-state index in [2.05, 4.69) is 10.6 Å². The summed E-state index contributed by atoms with van der Waals surface area (Å²) in [6.07, 6.45) is -5.35. The molecule has 0 saturated heterocycles. The highest BCUT2D eigenvalue weighted by atomic mass is 19.4. The van der Waals surface area contributed by atoms with Gasteiger partial charge in [0.05, 0.1) is 16.9 Å². The van der Waals surface area contributed by atoms with Crippen molar-refractivity contribution in [1.82, 2.24) is 5.32 Å². The predicted molar refractivity (Wildman–Crippen MR) is 99.0 cm³/mol. The van der Waals surface area contributed by atoms with Gasteiger partial charge in [-0.2, -0.15) is 13.2 Å². The number of carbonyl (C=O) groups excluding carboxylic acids is 2. The summed E-state index contributed by atoms with van der Waals surface area (Å²) in [5, 5.41) is 4.64. The van der Waals surface area contributed by atoms with E-state index >= 15 is 0 Å². The lowest BCUT2D eigenvalue weighted by Crippen LogP contribution is -2.33. The van der Waals surface area contributed by atoms with Gasteiger partial charge >= 0.3 is 12.3 Å². The Morgan fingerprint density at radius 1 is 1.07 bits per heavy atom. The number of alkyl halides is 3. The van der Waals surface area contributed by atoms with E-state index in [1.54, 1.807) is 43.3 Å². The molecule has 0 spiro atoms. The van der Waals surface area contributed by atoms with Crippen LogP contribution >= 0.6 is 0 Å². The number of halogens is 3. The molecule has 0 fully saturated rings. The monoisotopic (exact) mass is 395 g/mol. The molecule has 2 amide bonds. The molecule has 2 rings (SSSR count). The molecule has 28 heavy (non-hydrogen) atoms. The molecule has 0 aliphatic rings. The zero-order valence-electron chi connectivity index (χ0n) is 15.3. The Morgan fingerprint density at radius 2 is 1.75 bits per heavy atom. The number of amides is 2. The number of carbonyl (C=O) groups is 2. The van der Waals surface area contributed by atoms with E-state index in [1.165, 1.54) is 6.07 Å². The summed E-state index contributed by atoms with van der Waals surface area (Å²) in [6, 6.07) is 12.0. The molecule has 0 aliphatic carbocycles. The highest BCUT2D eigenvalue weighted by molar-refractivity contribution is 5.96. The SMILES string of the molecule is CN(C)c1ccc(C(F)(F)F)cc1NC(=O)CNC(=O)OCc1ccccc1. The summed E-state index contributed by atoms with van der Waals surface area (Å²) < 4.78 is 43.7. The second kappa shape index (κ2) is 9.12. The average molecular weight is 395 g/mol. The van der Waals surface area contributed by atoms with Crippen molar-refractivity contribution in [2.45, 2.75) is 12.8 Å². The zero-order chi connectivity index (χ0) is 20.7. The zero-order valence-corrected chi connectivity index (χ0v) is 15.3.